The summed E-state index contributed by atoms with van der Waals surface area (Å²) in [5, 5.41) is 20.8. The molecule has 0 saturated carbocycles. The van der Waals surface area contributed by atoms with E-state index in [1.165, 1.54) is 10.9 Å². The molecule has 0 radical (unpaired) electrons. The van der Waals surface area contributed by atoms with Crippen LogP contribution in [0.3, 0.4) is 0 Å². The molecule has 4 aromatic rings. The second-order valence-electron chi connectivity index (χ2n) is 9.45. The van der Waals surface area contributed by atoms with E-state index in [9.17, 15) is 19.9 Å². The minimum absolute atomic E-state index is 0.0408. The van der Waals surface area contributed by atoms with Gasteiger partial charge in [0.2, 0.25) is 5.95 Å². The zero-order chi connectivity index (χ0) is 29.1. The largest absolute Gasteiger partial charge is 0.394 e. The fourth-order valence-corrected chi connectivity index (χ4v) is 6.32. The summed E-state index contributed by atoms with van der Waals surface area (Å²) in [5.41, 5.74) is 11.3. The van der Waals surface area contributed by atoms with Crippen molar-refractivity contribution in [1.82, 2.24) is 34.1 Å². The number of nitrogens with two attached hydrogens (primary N) is 2. The van der Waals surface area contributed by atoms with E-state index < -0.39 is 61.9 Å². The van der Waals surface area contributed by atoms with Gasteiger partial charge in [-0.2, -0.15) is 4.98 Å². The van der Waals surface area contributed by atoms with Gasteiger partial charge in [-0.15, -0.1) is 0 Å². The Hall–Kier alpha value is -3.13. The molecule has 6 rings (SSSR count). The van der Waals surface area contributed by atoms with E-state index in [0.29, 0.717) is 16.9 Å². The number of fused-ring (bicyclic) bond motifs is 2. The molecule has 41 heavy (non-hydrogen) atoms. The third-order valence-electron chi connectivity index (χ3n) is 6.88. The Morgan fingerprint density at radius 2 is 2.02 bits per heavy atom. The van der Waals surface area contributed by atoms with Crippen LogP contribution in [0.5, 0.6) is 0 Å². The average molecular weight is 614 g/mol. The van der Waals surface area contributed by atoms with E-state index in [1.807, 2.05) is 0 Å². The van der Waals surface area contributed by atoms with E-state index in [0.717, 1.165) is 6.33 Å². The molecule has 8 atom stereocenters. The Morgan fingerprint density at radius 3 is 2.80 bits per heavy atom. The van der Waals surface area contributed by atoms with E-state index in [2.05, 4.69) is 24.9 Å². The van der Waals surface area contributed by atoms with Crippen molar-refractivity contribution >= 4 is 52.5 Å². The van der Waals surface area contributed by atoms with Crippen LogP contribution >= 0.6 is 6.72 Å². The number of nitrogen functional groups attached to an aromatic ring is 2. The molecule has 0 amide bonds. The maximum absolute atomic E-state index is 15.3. The van der Waals surface area contributed by atoms with Gasteiger partial charge in [0.05, 0.1) is 31.0 Å². The summed E-state index contributed by atoms with van der Waals surface area (Å²) in [6.45, 7) is -5.29. The monoisotopic (exact) mass is 613 g/mol. The molecular formula is C21H25FN9O8PS. The normalized spacial score (nSPS) is 29.9. The number of alkyl halides is 1. The lowest BCUT2D eigenvalue weighted by atomic mass is 10.1. The van der Waals surface area contributed by atoms with Crippen LogP contribution in [-0.4, -0.2) is 93.0 Å². The zero-order valence-corrected chi connectivity index (χ0v) is 22.6. The topological polar surface area (TPSA) is 244 Å². The Kier molecular flexibility index (Phi) is 7.25. The summed E-state index contributed by atoms with van der Waals surface area (Å²) in [6.07, 6.45) is -4.48. The molecule has 6 heterocycles. The van der Waals surface area contributed by atoms with Crippen LogP contribution in [0.1, 0.15) is 18.9 Å². The van der Waals surface area contributed by atoms with E-state index in [4.69, 9.17) is 41.8 Å². The molecule has 17 nitrogen and oxygen atoms in total. The van der Waals surface area contributed by atoms with Crippen molar-refractivity contribution < 1.29 is 38.0 Å². The second kappa shape index (κ2) is 10.6. The number of anilines is 2. The van der Waals surface area contributed by atoms with Crippen molar-refractivity contribution in [1.29, 1.82) is 0 Å². The number of nitrogens with zero attached hydrogens (tertiary/aromatic N) is 6. The first-order chi connectivity index (χ1) is 19.6. The fraction of sp³-hybridized carbons (Fsp3) is 0.476. The van der Waals surface area contributed by atoms with Crippen molar-refractivity contribution in [2.45, 2.75) is 49.5 Å². The average Bonchev–Trinajstić information content (AvgIpc) is 3.69. The van der Waals surface area contributed by atoms with E-state index in [1.54, 1.807) is 16.8 Å². The number of halogens is 1. The van der Waals surface area contributed by atoms with Gasteiger partial charge in [0.15, 0.2) is 23.6 Å². The first-order valence-corrected chi connectivity index (χ1v) is 14.8. The number of aliphatic hydroxyl groups is 2. The van der Waals surface area contributed by atoms with Gasteiger partial charge in [-0.25, -0.2) is 19.3 Å². The summed E-state index contributed by atoms with van der Waals surface area (Å²) in [6, 6.07) is 1.72. The number of hydrogen-bond donors (Lipinski definition) is 6. The van der Waals surface area contributed by atoms with Crippen molar-refractivity contribution in [2.75, 3.05) is 24.7 Å². The highest BCUT2D eigenvalue weighted by atomic mass is 32.5. The number of imidazole rings is 1. The Balaban J connectivity index is 1.17. The van der Waals surface area contributed by atoms with Crippen LogP contribution < -0.4 is 17.0 Å². The van der Waals surface area contributed by atoms with E-state index in [-0.39, 0.29) is 30.1 Å². The smallest absolute Gasteiger partial charge is 0.325 e. The number of hydrogen-bond acceptors (Lipinski definition) is 14. The lowest BCUT2D eigenvalue weighted by Crippen LogP contribution is -2.32. The number of aromatic nitrogens is 7. The zero-order valence-electron chi connectivity index (χ0n) is 20.9. The molecule has 0 spiro atoms. The van der Waals surface area contributed by atoms with Crippen molar-refractivity contribution in [2.24, 2.45) is 0 Å². The molecule has 2 fully saturated rings. The van der Waals surface area contributed by atoms with Gasteiger partial charge in [-0.1, -0.05) is 0 Å². The van der Waals surface area contributed by atoms with Gasteiger partial charge in [0.25, 0.3) is 5.56 Å². The molecule has 220 valence electrons. The van der Waals surface area contributed by atoms with Crippen molar-refractivity contribution in [3.05, 3.63) is 35.3 Å². The molecule has 20 heteroatoms. The Bertz CT molecular complexity index is 1700. The highest BCUT2D eigenvalue weighted by Crippen LogP contribution is 2.51. The number of aliphatic hydroxyl groups excluding tert-OH is 2. The third kappa shape index (κ3) is 5.09. The summed E-state index contributed by atoms with van der Waals surface area (Å²) in [5.74, 6) is 0.0759. The maximum atomic E-state index is 15.3. The van der Waals surface area contributed by atoms with Gasteiger partial charge in [-0.05, 0) is 17.9 Å². The Morgan fingerprint density at radius 1 is 1.22 bits per heavy atom. The first-order valence-electron chi connectivity index (χ1n) is 12.3. The number of nitrogens with one attached hydrogen (secondary N) is 1. The Labute approximate surface area is 234 Å². The molecule has 4 aromatic heterocycles. The van der Waals surface area contributed by atoms with Crippen LogP contribution in [0.2, 0.25) is 0 Å². The predicted octanol–water partition coefficient (Wildman–Crippen LogP) is -0.776. The summed E-state index contributed by atoms with van der Waals surface area (Å²) < 4.78 is 40.7. The highest BCUT2D eigenvalue weighted by Gasteiger charge is 2.50. The minimum atomic E-state index is -4.19. The molecule has 0 aromatic carbocycles. The van der Waals surface area contributed by atoms with E-state index >= 15 is 4.39 Å². The molecular weight excluding hydrogens is 588 g/mol. The van der Waals surface area contributed by atoms with Crippen molar-refractivity contribution in [3.63, 3.8) is 0 Å². The molecule has 2 aliphatic rings. The maximum Gasteiger partial charge on any atom is 0.325 e. The van der Waals surface area contributed by atoms with Gasteiger partial charge in [-0.3, -0.25) is 18.9 Å². The molecule has 8 N–H and O–H groups in total. The number of aromatic amines is 1. The highest BCUT2D eigenvalue weighted by molar-refractivity contribution is 8.07. The van der Waals surface area contributed by atoms with Gasteiger partial charge in [0, 0.05) is 12.6 Å². The lowest BCUT2D eigenvalue weighted by Gasteiger charge is -2.26. The summed E-state index contributed by atoms with van der Waals surface area (Å²) in [7, 11) is 0. The van der Waals surface area contributed by atoms with Gasteiger partial charge >= 0.3 is 6.72 Å². The van der Waals surface area contributed by atoms with Gasteiger partial charge < -0.3 is 45.1 Å². The minimum Gasteiger partial charge on any atom is -0.394 e. The predicted molar refractivity (Wildman–Crippen MR) is 142 cm³/mol. The fourth-order valence-electron chi connectivity index (χ4n) is 4.92. The SMILES string of the molecule is Nc1nc2c(ncn2[C@@H]2O[C@H](CO)[C@@H](F)C2OP(O)(=S)OC[C@H]2O[C@@H](n3ccc4c(N)ncnc43)C[C@@H]2O)c(=O)[nH]1. The lowest BCUT2D eigenvalue weighted by molar-refractivity contribution is -0.0544. The molecule has 0 bridgehead atoms. The first kappa shape index (κ1) is 28.0. The number of rotatable bonds is 8. The summed E-state index contributed by atoms with van der Waals surface area (Å²) >= 11 is 5.14. The molecule has 0 aliphatic carbocycles. The standard InChI is InChI=1S/C21H25FN9O8PS/c22-13-10(4-32)38-20(31-7-27-14-18(31)28-21(24)29-19(14)34)15(13)39-40(35,41)36-5-11-9(33)3-12(37-11)30-2-1-8-16(23)25-6-26-17(8)30/h1-2,6-7,9-13,15,20,32-33H,3-5H2,(H,35,41)(H2,23,25,26)(H3,24,28,29,34)/t9-,10+,11+,12+,13+,15?,20+,40?/m0/s1. The van der Waals surface area contributed by atoms with Gasteiger partial charge in [0.1, 0.15) is 42.3 Å². The van der Waals surface area contributed by atoms with Crippen LogP contribution in [0.25, 0.3) is 22.2 Å². The second-order valence-corrected chi connectivity index (χ2v) is 12.2. The summed E-state index contributed by atoms with van der Waals surface area (Å²) in [4.78, 5) is 41.5. The van der Waals surface area contributed by atoms with Crippen molar-refractivity contribution in [3.8, 4) is 0 Å². The number of H-pyrrole nitrogens is 1. The third-order valence-corrected chi connectivity index (χ3v) is 8.44. The van der Waals surface area contributed by atoms with Crippen LogP contribution in [-0.2, 0) is 30.3 Å². The molecule has 2 saturated heterocycles. The number of ether oxygens (including phenoxy) is 2. The molecule has 2 aliphatic heterocycles. The van der Waals surface area contributed by atoms with Crippen LogP contribution in [0, 0.1) is 0 Å². The van der Waals surface area contributed by atoms with Crippen LogP contribution in [0.15, 0.2) is 29.7 Å². The molecule has 2 unspecified atom stereocenters. The quantitative estimate of drug-likeness (QED) is 0.134. The van der Waals surface area contributed by atoms with Crippen LogP contribution in [0.4, 0.5) is 16.2 Å².